The molecule has 3 heteroatoms. The topological polar surface area (TPSA) is 48.8 Å². The number of fused-ring (bicyclic) bond motifs is 4. The summed E-state index contributed by atoms with van der Waals surface area (Å²) in [5, 5.41) is 13.4. The van der Waals surface area contributed by atoms with Crippen LogP contribution in [0.1, 0.15) is 65.8 Å². The summed E-state index contributed by atoms with van der Waals surface area (Å²) in [4.78, 5) is 4.65. The fourth-order valence-electron chi connectivity index (χ4n) is 6.89. The molecule has 204 valence electrons. The fraction of sp³-hybridized carbons (Fsp3) is 0.128. The maximum absolute atomic E-state index is 9.65. The van der Waals surface area contributed by atoms with Gasteiger partial charge in [0.05, 0.1) is 22.8 Å². The molecule has 0 amide bonds. The molecule has 2 heterocycles. The summed E-state index contributed by atoms with van der Waals surface area (Å²) >= 11 is 0. The third-order valence-corrected chi connectivity index (χ3v) is 9.06. The van der Waals surface area contributed by atoms with Crippen LogP contribution in [0.25, 0.3) is 34.2 Å². The maximum atomic E-state index is 9.65. The zero-order chi connectivity index (χ0) is 28.7. The van der Waals surface area contributed by atoms with Gasteiger partial charge in [-0.15, -0.1) is 0 Å². The Morgan fingerprint density at radius 1 is 0.690 bits per heavy atom. The molecule has 2 N–H and O–H groups in total. The van der Waals surface area contributed by atoms with E-state index >= 15 is 0 Å². The van der Waals surface area contributed by atoms with Gasteiger partial charge in [-0.3, -0.25) is 10.4 Å². The van der Waals surface area contributed by atoms with Gasteiger partial charge < -0.3 is 5.32 Å². The summed E-state index contributed by atoms with van der Waals surface area (Å²) in [5.74, 6) is 0. The Morgan fingerprint density at radius 2 is 1.38 bits per heavy atom. The molecule has 3 nitrogen and oxygen atoms in total. The lowest BCUT2D eigenvalue weighted by molar-refractivity contribution is 0.490. The van der Waals surface area contributed by atoms with Gasteiger partial charge in [-0.25, -0.2) is 0 Å². The van der Waals surface area contributed by atoms with Crippen LogP contribution in [0.3, 0.4) is 0 Å². The summed E-state index contributed by atoms with van der Waals surface area (Å²) in [6.07, 6.45) is 6.02. The van der Waals surface area contributed by atoms with Crippen LogP contribution in [0.4, 0.5) is 0 Å². The van der Waals surface area contributed by atoms with Crippen LogP contribution in [-0.4, -0.2) is 10.7 Å². The van der Waals surface area contributed by atoms with Crippen molar-refractivity contribution in [3.05, 3.63) is 161 Å². The molecule has 0 saturated carbocycles. The minimum Gasteiger partial charge on any atom is -0.353 e. The minimum atomic E-state index is -0.0520. The molecule has 7 rings (SSSR count). The van der Waals surface area contributed by atoms with Crippen molar-refractivity contribution in [1.29, 1.82) is 5.41 Å². The van der Waals surface area contributed by atoms with Crippen LogP contribution >= 0.6 is 0 Å². The molecule has 1 aromatic heterocycles. The molecule has 0 saturated heterocycles. The van der Waals surface area contributed by atoms with Gasteiger partial charge in [0.2, 0.25) is 0 Å². The molecule has 4 aromatic carbocycles. The van der Waals surface area contributed by atoms with E-state index in [1.54, 1.807) is 0 Å². The van der Waals surface area contributed by atoms with E-state index in [9.17, 15) is 5.41 Å². The van der Waals surface area contributed by atoms with Crippen molar-refractivity contribution in [3.63, 3.8) is 0 Å². The van der Waals surface area contributed by atoms with E-state index in [4.69, 9.17) is 0 Å². The average molecular weight is 544 g/mol. The summed E-state index contributed by atoms with van der Waals surface area (Å²) in [7, 11) is 0. The summed E-state index contributed by atoms with van der Waals surface area (Å²) in [6.45, 7) is 4.60. The molecule has 1 aliphatic heterocycles. The molecule has 0 fully saturated rings. The van der Waals surface area contributed by atoms with Crippen molar-refractivity contribution in [2.45, 2.75) is 32.1 Å². The SMILES string of the molecule is CCC1(CC)c2ccccc2-c2ccc(/C(C(=N)c3ccccc3)=C3/NC(c4ccccn4)=Cc4ccccc43)cc21. The largest absolute Gasteiger partial charge is 0.353 e. The lowest BCUT2D eigenvalue weighted by atomic mass is 9.73. The maximum Gasteiger partial charge on any atom is 0.0864 e. The molecule has 2 aliphatic rings. The Balaban J connectivity index is 1.50. The molecule has 0 spiro atoms. The van der Waals surface area contributed by atoms with E-state index in [-0.39, 0.29) is 5.41 Å². The number of aromatic nitrogens is 1. The van der Waals surface area contributed by atoms with Crippen LogP contribution in [0, 0.1) is 5.41 Å². The van der Waals surface area contributed by atoms with Crippen LogP contribution < -0.4 is 5.32 Å². The molecule has 0 unspecified atom stereocenters. The number of nitrogens with one attached hydrogen (secondary N) is 2. The lowest BCUT2D eigenvalue weighted by Crippen LogP contribution is -2.24. The molecular formula is C39H33N3. The Kier molecular flexibility index (Phi) is 6.43. The molecule has 5 aromatic rings. The highest BCUT2D eigenvalue weighted by molar-refractivity contribution is 6.36. The molecule has 1 aliphatic carbocycles. The fourth-order valence-corrected chi connectivity index (χ4v) is 6.89. The van der Waals surface area contributed by atoms with Crippen molar-refractivity contribution in [2.75, 3.05) is 0 Å². The van der Waals surface area contributed by atoms with Gasteiger partial charge >= 0.3 is 0 Å². The molecule has 0 bridgehead atoms. The summed E-state index contributed by atoms with van der Waals surface area (Å²) < 4.78 is 0. The first-order chi connectivity index (χ1) is 20.6. The van der Waals surface area contributed by atoms with Crippen LogP contribution in [-0.2, 0) is 5.41 Å². The third-order valence-electron chi connectivity index (χ3n) is 9.06. The second-order valence-electron chi connectivity index (χ2n) is 11.1. The van der Waals surface area contributed by atoms with Gasteiger partial charge in [-0.2, -0.15) is 0 Å². The van der Waals surface area contributed by atoms with Gasteiger partial charge in [-0.1, -0.05) is 111 Å². The zero-order valence-corrected chi connectivity index (χ0v) is 24.0. The van der Waals surface area contributed by atoms with Gasteiger partial charge in [-0.05, 0) is 70.5 Å². The van der Waals surface area contributed by atoms with Crippen molar-refractivity contribution in [2.24, 2.45) is 0 Å². The number of rotatable bonds is 6. The van der Waals surface area contributed by atoms with Crippen molar-refractivity contribution >= 4 is 28.8 Å². The van der Waals surface area contributed by atoms with E-state index in [0.29, 0.717) is 5.71 Å². The Hall–Kier alpha value is -5.02. The molecule has 0 atom stereocenters. The first kappa shape index (κ1) is 25.9. The van der Waals surface area contributed by atoms with Gasteiger partial charge in [0, 0.05) is 28.3 Å². The Morgan fingerprint density at radius 3 is 2.14 bits per heavy atom. The van der Waals surface area contributed by atoms with Crippen molar-refractivity contribution in [1.82, 2.24) is 10.3 Å². The highest BCUT2D eigenvalue weighted by Gasteiger charge is 2.40. The third kappa shape index (κ3) is 4.04. The minimum absolute atomic E-state index is 0.0520. The predicted octanol–water partition coefficient (Wildman–Crippen LogP) is 9.21. The summed E-state index contributed by atoms with van der Waals surface area (Å²) in [5.41, 5.74) is 13.6. The zero-order valence-electron chi connectivity index (χ0n) is 24.0. The highest BCUT2D eigenvalue weighted by atomic mass is 14.9. The van der Waals surface area contributed by atoms with E-state index < -0.39 is 0 Å². The second-order valence-corrected chi connectivity index (χ2v) is 11.1. The molecular weight excluding hydrogens is 510 g/mol. The Bertz CT molecular complexity index is 1880. The number of hydrogen-bond acceptors (Lipinski definition) is 3. The van der Waals surface area contributed by atoms with Gasteiger partial charge in [0.1, 0.15) is 0 Å². The Labute approximate surface area is 247 Å². The van der Waals surface area contributed by atoms with E-state index in [1.165, 1.54) is 22.3 Å². The normalized spacial score (nSPS) is 15.5. The van der Waals surface area contributed by atoms with Crippen LogP contribution in [0.2, 0.25) is 0 Å². The quantitative estimate of drug-likeness (QED) is 0.210. The second kappa shape index (κ2) is 10.4. The van der Waals surface area contributed by atoms with Crippen molar-refractivity contribution in [3.8, 4) is 11.1 Å². The standard InChI is InChI=1S/C39H33N3/c1-3-39(4-2)32-19-11-10-18-30(32)31-22-21-28(24-33(31)39)36(37(40)26-14-6-5-7-15-26)38-29-17-9-8-16-27(29)25-35(42-38)34-20-12-13-23-41-34/h5-25,40,42H,3-4H2,1-2H3/b38-36-,40-37?. The predicted molar refractivity (Wildman–Crippen MR) is 175 cm³/mol. The van der Waals surface area contributed by atoms with E-state index in [1.807, 2.05) is 54.7 Å². The van der Waals surface area contributed by atoms with E-state index in [2.05, 4.69) is 97.0 Å². The number of allylic oxidation sites excluding steroid dienone is 1. The molecule has 0 radical (unpaired) electrons. The highest BCUT2D eigenvalue weighted by Crippen LogP contribution is 2.53. The van der Waals surface area contributed by atoms with Gasteiger partial charge in [0.25, 0.3) is 0 Å². The van der Waals surface area contributed by atoms with Crippen LogP contribution in [0.15, 0.2) is 121 Å². The summed E-state index contributed by atoms with van der Waals surface area (Å²) in [6, 6.07) is 40.2. The number of benzene rings is 4. The smallest absolute Gasteiger partial charge is 0.0864 e. The first-order valence-corrected chi connectivity index (χ1v) is 14.8. The number of pyridine rings is 1. The van der Waals surface area contributed by atoms with Crippen molar-refractivity contribution < 1.29 is 0 Å². The number of hydrogen-bond donors (Lipinski definition) is 2. The average Bonchev–Trinajstić information content (AvgIpc) is 3.35. The number of nitrogens with zero attached hydrogens (tertiary/aromatic N) is 1. The molecule has 42 heavy (non-hydrogen) atoms. The lowest BCUT2D eigenvalue weighted by Gasteiger charge is -2.30. The van der Waals surface area contributed by atoms with E-state index in [0.717, 1.165) is 57.8 Å². The first-order valence-electron chi connectivity index (χ1n) is 14.8. The monoisotopic (exact) mass is 543 g/mol. The van der Waals surface area contributed by atoms with Gasteiger partial charge in [0.15, 0.2) is 0 Å². The van der Waals surface area contributed by atoms with Crippen LogP contribution in [0.5, 0.6) is 0 Å².